The van der Waals surface area contributed by atoms with E-state index in [4.69, 9.17) is 4.74 Å². The molecule has 0 amide bonds. The van der Waals surface area contributed by atoms with E-state index in [1.165, 1.54) is 58.3 Å². The molecule has 1 atom stereocenters. The molecule has 1 saturated heterocycles. The van der Waals surface area contributed by atoms with Crippen molar-refractivity contribution >= 4 is 0 Å². The molecule has 1 saturated carbocycles. The fraction of sp³-hybridized carbons (Fsp3) is 1.00. The summed E-state index contributed by atoms with van der Waals surface area (Å²) in [5.41, 5.74) is 0.595. The predicted octanol–water partition coefficient (Wildman–Crippen LogP) is 1.39. The van der Waals surface area contributed by atoms with Crippen LogP contribution in [-0.4, -0.2) is 39.9 Å². The van der Waals surface area contributed by atoms with E-state index in [9.17, 15) is 0 Å². The standard InChI is InChI=1S/C13H26N2O/c1-16-8-6-13(4-5-13)11-15-10-12-3-2-7-14-9-12/h12,14-15H,2-11H2,1H3. The van der Waals surface area contributed by atoms with Crippen molar-refractivity contribution in [2.45, 2.75) is 32.1 Å². The van der Waals surface area contributed by atoms with E-state index in [-0.39, 0.29) is 0 Å². The molecule has 1 aliphatic heterocycles. The molecule has 1 unspecified atom stereocenters. The zero-order chi connectivity index (χ0) is 11.3. The number of rotatable bonds is 7. The maximum Gasteiger partial charge on any atom is 0.0468 e. The first-order valence-corrected chi connectivity index (χ1v) is 6.75. The molecule has 16 heavy (non-hydrogen) atoms. The first-order valence-electron chi connectivity index (χ1n) is 6.75. The Kier molecular flexibility index (Phi) is 4.62. The van der Waals surface area contributed by atoms with Crippen molar-refractivity contribution in [1.29, 1.82) is 0 Å². The lowest BCUT2D eigenvalue weighted by atomic mass is 9.98. The fourth-order valence-electron chi connectivity index (χ4n) is 2.65. The molecule has 2 aliphatic rings. The molecule has 0 aromatic rings. The van der Waals surface area contributed by atoms with Gasteiger partial charge in [-0.15, -0.1) is 0 Å². The molecule has 2 rings (SSSR count). The second-order valence-electron chi connectivity index (χ2n) is 5.59. The van der Waals surface area contributed by atoms with Gasteiger partial charge in [-0.25, -0.2) is 0 Å². The van der Waals surface area contributed by atoms with Gasteiger partial charge in [0.2, 0.25) is 0 Å². The van der Waals surface area contributed by atoms with Crippen molar-refractivity contribution in [1.82, 2.24) is 10.6 Å². The van der Waals surface area contributed by atoms with E-state index in [1.54, 1.807) is 7.11 Å². The molecule has 3 nitrogen and oxygen atoms in total. The number of hydrogen-bond acceptors (Lipinski definition) is 3. The number of nitrogens with one attached hydrogen (secondary N) is 2. The Bertz CT molecular complexity index is 198. The summed E-state index contributed by atoms with van der Waals surface area (Å²) in [5, 5.41) is 7.14. The normalized spacial score (nSPS) is 27.9. The summed E-state index contributed by atoms with van der Waals surface area (Å²) in [7, 11) is 1.80. The predicted molar refractivity (Wildman–Crippen MR) is 66.6 cm³/mol. The summed E-state index contributed by atoms with van der Waals surface area (Å²) in [6.07, 6.45) is 6.77. The smallest absolute Gasteiger partial charge is 0.0468 e. The molecule has 1 aliphatic carbocycles. The van der Waals surface area contributed by atoms with Crippen LogP contribution in [0.4, 0.5) is 0 Å². The average molecular weight is 226 g/mol. The zero-order valence-corrected chi connectivity index (χ0v) is 10.6. The lowest BCUT2D eigenvalue weighted by Crippen LogP contribution is -2.37. The molecule has 3 heteroatoms. The first kappa shape index (κ1) is 12.3. The highest BCUT2D eigenvalue weighted by molar-refractivity contribution is 4.94. The van der Waals surface area contributed by atoms with Crippen LogP contribution in [0.2, 0.25) is 0 Å². The first-order chi connectivity index (χ1) is 7.85. The van der Waals surface area contributed by atoms with Crippen LogP contribution >= 0.6 is 0 Å². The van der Waals surface area contributed by atoms with Gasteiger partial charge in [0.25, 0.3) is 0 Å². The van der Waals surface area contributed by atoms with Gasteiger partial charge in [-0.2, -0.15) is 0 Å². The Labute approximate surface area is 99.3 Å². The molecule has 0 spiro atoms. The summed E-state index contributed by atoms with van der Waals surface area (Å²) in [4.78, 5) is 0. The molecule has 2 fully saturated rings. The van der Waals surface area contributed by atoms with Gasteiger partial charge >= 0.3 is 0 Å². The molecule has 0 aromatic carbocycles. The molecular formula is C13H26N2O. The van der Waals surface area contributed by atoms with Crippen molar-refractivity contribution < 1.29 is 4.74 Å². The second-order valence-corrected chi connectivity index (χ2v) is 5.59. The van der Waals surface area contributed by atoms with Crippen molar-refractivity contribution in [3.8, 4) is 0 Å². The Balaban J connectivity index is 1.56. The van der Waals surface area contributed by atoms with Crippen LogP contribution in [0.1, 0.15) is 32.1 Å². The fourth-order valence-corrected chi connectivity index (χ4v) is 2.65. The van der Waals surface area contributed by atoms with Crippen molar-refractivity contribution in [3.05, 3.63) is 0 Å². The second kappa shape index (κ2) is 5.99. The number of methoxy groups -OCH3 is 1. The highest BCUT2D eigenvalue weighted by Crippen LogP contribution is 2.48. The third-order valence-corrected chi connectivity index (χ3v) is 4.13. The van der Waals surface area contributed by atoms with Gasteiger partial charge in [0.15, 0.2) is 0 Å². The monoisotopic (exact) mass is 226 g/mol. The van der Waals surface area contributed by atoms with E-state index < -0.39 is 0 Å². The summed E-state index contributed by atoms with van der Waals surface area (Å²) in [5.74, 6) is 0.854. The summed E-state index contributed by atoms with van der Waals surface area (Å²) < 4.78 is 5.18. The molecular weight excluding hydrogens is 200 g/mol. The SMILES string of the molecule is COCCC1(CNCC2CCCNC2)CC1. The highest BCUT2D eigenvalue weighted by Gasteiger charge is 2.41. The minimum atomic E-state index is 0.595. The quantitative estimate of drug-likeness (QED) is 0.688. The molecule has 0 aromatic heterocycles. The highest BCUT2D eigenvalue weighted by atomic mass is 16.5. The van der Waals surface area contributed by atoms with Crippen LogP contribution in [0.15, 0.2) is 0 Å². The Hall–Kier alpha value is -0.120. The van der Waals surface area contributed by atoms with Crippen molar-refractivity contribution in [2.24, 2.45) is 11.3 Å². The molecule has 0 radical (unpaired) electrons. The van der Waals surface area contributed by atoms with Crippen LogP contribution in [0, 0.1) is 11.3 Å². The van der Waals surface area contributed by atoms with E-state index in [1.807, 2.05) is 0 Å². The largest absolute Gasteiger partial charge is 0.385 e. The van der Waals surface area contributed by atoms with Gasteiger partial charge in [0, 0.05) is 20.3 Å². The van der Waals surface area contributed by atoms with E-state index >= 15 is 0 Å². The van der Waals surface area contributed by atoms with Crippen LogP contribution in [0.5, 0.6) is 0 Å². The van der Waals surface area contributed by atoms with Crippen LogP contribution in [0.3, 0.4) is 0 Å². The third kappa shape index (κ3) is 3.72. The van der Waals surface area contributed by atoms with Gasteiger partial charge in [-0.05, 0) is 63.1 Å². The number of piperidine rings is 1. The van der Waals surface area contributed by atoms with Crippen molar-refractivity contribution in [2.75, 3.05) is 39.9 Å². The Morgan fingerprint density at radius 1 is 1.44 bits per heavy atom. The molecule has 2 N–H and O–H groups in total. The molecule has 94 valence electrons. The number of hydrogen-bond donors (Lipinski definition) is 2. The minimum Gasteiger partial charge on any atom is -0.385 e. The molecule has 1 heterocycles. The number of ether oxygens (including phenoxy) is 1. The van der Waals surface area contributed by atoms with E-state index in [0.717, 1.165) is 12.5 Å². The van der Waals surface area contributed by atoms with Gasteiger partial charge in [-0.1, -0.05) is 0 Å². The topological polar surface area (TPSA) is 33.3 Å². The van der Waals surface area contributed by atoms with Gasteiger partial charge in [-0.3, -0.25) is 0 Å². The van der Waals surface area contributed by atoms with E-state index in [0.29, 0.717) is 5.41 Å². The average Bonchev–Trinajstić information content (AvgIpc) is 3.09. The summed E-state index contributed by atoms with van der Waals surface area (Å²) >= 11 is 0. The lowest BCUT2D eigenvalue weighted by molar-refractivity contribution is 0.170. The van der Waals surface area contributed by atoms with Gasteiger partial charge in [0.1, 0.15) is 0 Å². The van der Waals surface area contributed by atoms with Crippen molar-refractivity contribution in [3.63, 3.8) is 0 Å². The van der Waals surface area contributed by atoms with Gasteiger partial charge in [0.05, 0.1) is 0 Å². The third-order valence-electron chi connectivity index (χ3n) is 4.13. The Morgan fingerprint density at radius 2 is 2.31 bits per heavy atom. The van der Waals surface area contributed by atoms with Gasteiger partial charge < -0.3 is 15.4 Å². The van der Waals surface area contributed by atoms with Crippen LogP contribution < -0.4 is 10.6 Å². The maximum atomic E-state index is 5.18. The Morgan fingerprint density at radius 3 is 2.94 bits per heavy atom. The molecule has 0 bridgehead atoms. The lowest BCUT2D eigenvalue weighted by Gasteiger charge is -2.24. The summed E-state index contributed by atoms with van der Waals surface area (Å²) in [6.45, 7) is 5.74. The maximum absolute atomic E-state index is 5.18. The van der Waals surface area contributed by atoms with Crippen LogP contribution in [0.25, 0.3) is 0 Å². The summed E-state index contributed by atoms with van der Waals surface area (Å²) in [6, 6.07) is 0. The van der Waals surface area contributed by atoms with Crippen LogP contribution in [-0.2, 0) is 4.74 Å². The van der Waals surface area contributed by atoms with E-state index in [2.05, 4.69) is 10.6 Å². The zero-order valence-electron chi connectivity index (χ0n) is 10.6. The minimum absolute atomic E-state index is 0.595.